The van der Waals surface area contributed by atoms with Crippen LogP contribution in [0.15, 0.2) is 6.20 Å². The van der Waals surface area contributed by atoms with Gasteiger partial charge in [0.2, 0.25) is 0 Å². The maximum Gasteiger partial charge on any atom is 0.294 e. The van der Waals surface area contributed by atoms with Crippen LogP contribution in [0, 0.1) is 13.7 Å². The predicted molar refractivity (Wildman–Crippen MR) is 58.1 cm³/mol. The first-order valence-corrected chi connectivity index (χ1v) is 5.26. The molecule has 15 heavy (non-hydrogen) atoms. The maximum absolute atomic E-state index is 12.6. The highest BCUT2D eigenvalue weighted by atomic mass is 127. The summed E-state index contributed by atoms with van der Waals surface area (Å²) in [4.78, 5) is 13.4. The van der Waals surface area contributed by atoms with Gasteiger partial charge in [0.15, 0.2) is 0 Å². The minimum absolute atomic E-state index is 0.0711. The van der Waals surface area contributed by atoms with Crippen molar-refractivity contribution in [3.05, 3.63) is 31.1 Å². The molecule has 1 aromatic rings. The number of alkyl halides is 3. The smallest absolute Gasteiger partial charge is 0.258 e. The van der Waals surface area contributed by atoms with Gasteiger partial charge >= 0.3 is 0 Å². The Hall–Kier alpha value is -0.570. The Bertz CT molecular complexity index is 403. The van der Waals surface area contributed by atoms with Crippen molar-refractivity contribution in [1.82, 2.24) is 4.98 Å². The molecule has 0 spiro atoms. The van der Waals surface area contributed by atoms with Gasteiger partial charge in [-0.1, -0.05) is 0 Å². The van der Waals surface area contributed by atoms with E-state index in [2.05, 4.69) is 4.98 Å². The second-order valence-corrected chi connectivity index (χ2v) is 3.94. The van der Waals surface area contributed by atoms with Gasteiger partial charge in [-0.3, -0.25) is 15.1 Å². The minimum atomic E-state index is -2.96. The summed E-state index contributed by atoms with van der Waals surface area (Å²) < 4.78 is 25.3. The third-order valence-electron chi connectivity index (χ3n) is 1.65. The molecule has 1 rings (SSSR count). The van der Waals surface area contributed by atoms with E-state index < -0.39 is 22.6 Å². The van der Waals surface area contributed by atoms with Gasteiger partial charge in [-0.05, 0) is 22.6 Å². The van der Waals surface area contributed by atoms with E-state index >= 15 is 0 Å². The minimum Gasteiger partial charge on any atom is -0.258 e. The molecule has 0 aliphatic heterocycles. The summed E-state index contributed by atoms with van der Waals surface area (Å²) in [7, 11) is 0. The molecule has 0 saturated heterocycles. The monoisotopic (exact) mass is 348 g/mol. The largest absolute Gasteiger partial charge is 0.294 e. The van der Waals surface area contributed by atoms with Crippen LogP contribution in [0.5, 0.6) is 0 Å². The normalized spacial score (nSPS) is 10.7. The molecule has 0 fully saturated rings. The van der Waals surface area contributed by atoms with Crippen LogP contribution in [0.2, 0.25) is 0 Å². The number of nitrogens with zero attached hydrogens (tertiary/aromatic N) is 2. The number of rotatable bonds is 3. The highest BCUT2D eigenvalue weighted by molar-refractivity contribution is 14.1. The second-order valence-electron chi connectivity index (χ2n) is 2.51. The Morgan fingerprint density at radius 2 is 2.27 bits per heavy atom. The van der Waals surface area contributed by atoms with Gasteiger partial charge in [0, 0.05) is 6.20 Å². The lowest BCUT2D eigenvalue weighted by Gasteiger charge is -2.06. The van der Waals surface area contributed by atoms with Crippen molar-refractivity contribution >= 4 is 39.9 Å². The molecule has 1 heterocycles. The average Bonchev–Trinajstić information content (AvgIpc) is 2.16. The summed E-state index contributed by atoms with van der Waals surface area (Å²) in [6, 6.07) is 0. The van der Waals surface area contributed by atoms with Gasteiger partial charge in [-0.25, -0.2) is 8.78 Å². The fourth-order valence-corrected chi connectivity index (χ4v) is 1.89. The number of hydrogen-bond acceptors (Lipinski definition) is 3. The molecule has 1 aromatic heterocycles. The topological polar surface area (TPSA) is 56.0 Å². The zero-order valence-corrected chi connectivity index (χ0v) is 10.00. The molecule has 8 heteroatoms. The SMILES string of the molecule is O=[N+]([O-])c1c(I)cnc(CCl)c1C(F)F. The van der Waals surface area contributed by atoms with Crippen LogP contribution in [-0.2, 0) is 5.88 Å². The number of pyridine rings is 1. The van der Waals surface area contributed by atoms with Crippen LogP contribution in [0.25, 0.3) is 0 Å². The molecular formula is C7H4ClF2IN2O2. The molecule has 0 atom stereocenters. The van der Waals surface area contributed by atoms with Gasteiger partial charge < -0.3 is 0 Å². The molecule has 0 saturated carbocycles. The van der Waals surface area contributed by atoms with E-state index in [9.17, 15) is 18.9 Å². The van der Waals surface area contributed by atoms with Crippen LogP contribution in [0.4, 0.5) is 14.5 Å². The van der Waals surface area contributed by atoms with Gasteiger partial charge in [0.25, 0.3) is 12.1 Å². The highest BCUT2D eigenvalue weighted by Gasteiger charge is 2.28. The molecule has 0 unspecified atom stereocenters. The molecule has 0 aliphatic rings. The Kier molecular flexibility index (Phi) is 4.14. The molecule has 0 amide bonds. The summed E-state index contributed by atoms with van der Waals surface area (Å²) in [5, 5.41) is 10.6. The third kappa shape index (κ3) is 2.51. The van der Waals surface area contributed by atoms with Crippen LogP contribution in [0.3, 0.4) is 0 Å². The summed E-state index contributed by atoms with van der Waals surface area (Å²) in [5.74, 6) is -0.280. The highest BCUT2D eigenvalue weighted by Crippen LogP contribution is 2.34. The Labute approximate surface area is 102 Å². The van der Waals surface area contributed by atoms with Crippen LogP contribution < -0.4 is 0 Å². The third-order valence-corrected chi connectivity index (χ3v) is 2.70. The van der Waals surface area contributed by atoms with Gasteiger partial charge in [0.05, 0.1) is 16.5 Å². The fourth-order valence-electron chi connectivity index (χ4n) is 1.05. The van der Waals surface area contributed by atoms with E-state index in [-0.39, 0.29) is 15.1 Å². The second kappa shape index (κ2) is 4.97. The lowest BCUT2D eigenvalue weighted by molar-refractivity contribution is -0.387. The molecule has 0 aliphatic carbocycles. The van der Waals surface area contributed by atoms with E-state index in [1.54, 1.807) is 22.6 Å². The molecule has 0 N–H and O–H groups in total. The Balaban J connectivity index is 3.51. The first-order chi connectivity index (χ1) is 6.99. The first kappa shape index (κ1) is 12.5. The van der Waals surface area contributed by atoms with E-state index in [4.69, 9.17) is 11.6 Å². The lowest BCUT2D eigenvalue weighted by Crippen LogP contribution is -2.04. The van der Waals surface area contributed by atoms with Crippen molar-refractivity contribution < 1.29 is 13.7 Å². The van der Waals surface area contributed by atoms with E-state index in [0.29, 0.717) is 0 Å². The zero-order valence-electron chi connectivity index (χ0n) is 7.08. The number of hydrogen-bond donors (Lipinski definition) is 0. The molecule has 0 radical (unpaired) electrons. The molecule has 4 nitrogen and oxygen atoms in total. The summed E-state index contributed by atoms with van der Waals surface area (Å²) in [6.45, 7) is 0. The first-order valence-electron chi connectivity index (χ1n) is 3.64. The zero-order chi connectivity index (χ0) is 11.6. The number of nitro groups is 1. The molecule has 0 aromatic carbocycles. The van der Waals surface area contributed by atoms with Gasteiger partial charge in [0.1, 0.15) is 9.13 Å². The Morgan fingerprint density at radius 1 is 1.67 bits per heavy atom. The van der Waals surface area contributed by atoms with Crippen molar-refractivity contribution in [3.63, 3.8) is 0 Å². The standard InChI is InChI=1S/C7H4ClF2IN2O2/c8-1-4-5(7(9)10)6(13(14)15)3(11)2-12-4/h2,7H,1H2. The number of halogens is 4. The van der Waals surface area contributed by atoms with Crippen LogP contribution >= 0.6 is 34.2 Å². The summed E-state index contributed by atoms with van der Waals surface area (Å²) >= 11 is 6.97. The van der Waals surface area contributed by atoms with Crippen molar-refractivity contribution in [3.8, 4) is 0 Å². The fraction of sp³-hybridized carbons (Fsp3) is 0.286. The predicted octanol–water partition coefficient (Wildman–Crippen LogP) is 3.27. The number of aromatic nitrogens is 1. The molecular weight excluding hydrogens is 344 g/mol. The quantitative estimate of drug-likeness (QED) is 0.365. The van der Waals surface area contributed by atoms with E-state index in [0.717, 1.165) is 6.20 Å². The van der Waals surface area contributed by atoms with Crippen molar-refractivity contribution in [2.45, 2.75) is 12.3 Å². The molecule has 0 bridgehead atoms. The van der Waals surface area contributed by atoms with E-state index in [1.165, 1.54) is 0 Å². The average molecular weight is 348 g/mol. The van der Waals surface area contributed by atoms with Gasteiger partial charge in [-0.2, -0.15) is 0 Å². The molecule has 82 valence electrons. The van der Waals surface area contributed by atoms with E-state index in [1.807, 2.05) is 0 Å². The summed E-state index contributed by atoms with van der Waals surface area (Å²) in [6.07, 6.45) is -1.80. The van der Waals surface area contributed by atoms with Crippen molar-refractivity contribution in [2.75, 3.05) is 0 Å². The van der Waals surface area contributed by atoms with Crippen molar-refractivity contribution in [2.24, 2.45) is 0 Å². The lowest BCUT2D eigenvalue weighted by atomic mass is 10.2. The van der Waals surface area contributed by atoms with Crippen molar-refractivity contribution in [1.29, 1.82) is 0 Å². The van der Waals surface area contributed by atoms with Crippen LogP contribution in [0.1, 0.15) is 17.7 Å². The maximum atomic E-state index is 12.6. The van der Waals surface area contributed by atoms with Crippen LogP contribution in [-0.4, -0.2) is 9.91 Å². The summed E-state index contributed by atoms with van der Waals surface area (Å²) in [5.41, 5.74) is -1.46. The Morgan fingerprint density at radius 3 is 2.67 bits per heavy atom. The van der Waals surface area contributed by atoms with Gasteiger partial charge in [-0.15, -0.1) is 11.6 Å².